The molecular weight excluding hydrogens is 515 g/mol. The summed E-state index contributed by atoms with van der Waals surface area (Å²) in [5.74, 6) is 0.498. The highest BCUT2D eigenvalue weighted by molar-refractivity contribution is 7.92. The van der Waals surface area contributed by atoms with Crippen molar-refractivity contribution < 1.29 is 8.42 Å². The van der Waals surface area contributed by atoms with E-state index in [1.54, 1.807) is 48.5 Å². The quantitative estimate of drug-likeness (QED) is 0.262. The lowest BCUT2D eigenvalue weighted by atomic mass is 10.1. The number of aromatic nitrogens is 3. The maximum atomic E-state index is 13.3. The van der Waals surface area contributed by atoms with Gasteiger partial charge in [-0.3, -0.25) is 9.12 Å². The van der Waals surface area contributed by atoms with E-state index in [4.69, 9.17) is 33.2 Å². The summed E-state index contributed by atoms with van der Waals surface area (Å²) < 4.78 is 31.2. The van der Waals surface area contributed by atoms with E-state index < -0.39 is 10.0 Å². The van der Waals surface area contributed by atoms with Crippen molar-refractivity contribution in [3.8, 4) is 11.4 Å². The minimum Gasteiger partial charge on any atom is -0.279 e. The highest BCUT2D eigenvalue weighted by Crippen LogP contribution is 2.36. The number of hydrogen-bond donors (Lipinski definition) is 1. The zero-order chi connectivity index (χ0) is 25.0. The summed E-state index contributed by atoms with van der Waals surface area (Å²) in [5.41, 5.74) is 4.76. The van der Waals surface area contributed by atoms with Crippen LogP contribution in [0, 0.1) is 6.92 Å². The van der Waals surface area contributed by atoms with Crippen LogP contribution in [0.15, 0.2) is 89.8 Å². The largest absolute Gasteiger partial charge is 0.279 e. The molecule has 0 amide bonds. The van der Waals surface area contributed by atoms with Gasteiger partial charge in [0, 0.05) is 21.0 Å². The Labute approximate surface area is 217 Å². The minimum atomic E-state index is -3.87. The van der Waals surface area contributed by atoms with Crippen LogP contribution in [0.4, 0.5) is 5.69 Å². The molecule has 0 bridgehead atoms. The van der Waals surface area contributed by atoms with Gasteiger partial charge in [0.1, 0.15) is 11.5 Å². The van der Waals surface area contributed by atoms with Crippen LogP contribution in [0.3, 0.4) is 0 Å². The van der Waals surface area contributed by atoms with Crippen LogP contribution in [0.2, 0.25) is 10.0 Å². The predicted molar refractivity (Wildman–Crippen MR) is 145 cm³/mol. The molecular formula is C27H18Cl2N4O2S. The lowest BCUT2D eigenvalue weighted by Crippen LogP contribution is -2.14. The van der Waals surface area contributed by atoms with Gasteiger partial charge in [-0.15, -0.1) is 0 Å². The maximum absolute atomic E-state index is 13.3. The summed E-state index contributed by atoms with van der Waals surface area (Å²) in [6.07, 6.45) is 0. The van der Waals surface area contributed by atoms with Crippen LogP contribution < -0.4 is 4.72 Å². The number of para-hydroxylation sites is 2. The fraction of sp³-hybridized carbons (Fsp3) is 0.0370. The fourth-order valence-corrected chi connectivity index (χ4v) is 5.69. The minimum absolute atomic E-state index is 0.161. The van der Waals surface area contributed by atoms with Crippen LogP contribution in [0.25, 0.3) is 39.0 Å². The molecule has 0 saturated heterocycles. The summed E-state index contributed by atoms with van der Waals surface area (Å²) in [6.45, 7) is 1.90. The van der Waals surface area contributed by atoms with Gasteiger partial charge in [-0.05, 0) is 67.6 Å². The third kappa shape index (κ3) is 3.86. The van der Waals surface area contributed by atoms with E-state index in [0.717, 1.165) is 22.0 Å². The first-order valence-corrected chi connectivity index (χ1v) is 13.3. The molecule has 0 atom stereocenters. The third-order valence-electron chi connectivity index (χ3n) is 6.00. The second-order valence-corrected chi connectivity index (χ2v) is 11.0. The molecule has 6 aromatic rings. The van der Waals surface area contributed by atoms with Gasteiger partial charge in [0.25, 0.3) is 10.0 Å². The predicted octanol–water partition coefficient (Wildman–Crippen LogP) is 7.12. The van der Waals surface area contributed by atoms with Gasteiger partial charge in [0.15, 0.2) is 0 Å². The van der Waals surface area contributed by atoms with Crippen LogP contribution in [-0.4, -0.2) is 22.8 Å². The zero-order valence-corrected chi connectivity index (χ0v) is 21.2. The monoisotopic (exact) mass is 532 g/mol. The number of aryl methyl sites for hydroxylation is 1. The maximum Gasteiger partial charge on any atom is 0.261 e. The molecule has 1 N–H and O–H groups in total. The number of rotatable bonds is 4. The Hall–Kier alpha value is -3.65. The summed E-state index contributed by atoms with van der Waals surface area (Å²) in [5, 5.41) is 1.80. The number of hydrogen-bond acceptors (Lipinski definition) is 4. The van der Waals surface area contributed by atoms with Gasteiger partial charge < -0.3 is 0 Å². The van der Waals surface area contributed by atoms with Gasteiger partial charge in [0.2, 0.25) is 0 Å². The second kappa shape index (κ2) is 8.48. The molecule has 4 aromatic carbocycles. The van der Waals surface area contributed by atoms with Crippen LogP contribution in [-0.2, 0) is 10.0 Å². The lowest BCUT2D eigenvalue weighted by molar-refractivity contribution is 0.601. The van der Waals surface area contributed by atoms with Crippen LogP contribution in [0.5, 0.6) is 0 Å². The van der Waals surface area contributed by atoms with E-state index in [2.05, 4.69) is 4.72 Å². The van der Waals surface area contributed by atoms with Crippen LogP contribution in [0.1, 0.15) is 5.56 Å². The molecule has 0 aliphatic carbocycles. The fourth-order valence-electron chi connectivity index (χ4n) is 4.26. The van der Waals surface area contributed by atoms with Crippen molar-refractivity contribution in [1.29, 1.82) is 0 Å². The van der Waals surface area contributed by atoms with Gasteiger partial charge in [-0.2, -0.15) is 0 Å². The number of sulfonamides is 1. The Morgan fingerprint density at radius 1 is 0.806 bits per heavy atom. The average Bonchev–Trinajstić information content (AvgIpc) is 3.25. The molecule has 6 rings (SSSR count). The first-order valence-electron chi connectivity index (χ1n) is 11.1. The smallest absolute Gasteiger partial charge is 0.261 e. The van der Waals surface area contributed by atoms with E-state index in [1.165, 1.54) is 0 Å². The molecule has 36 heavy (non-hydrogen) atoms. The van der Waals surface area contributed by atoms with Crippen molar-refractivity contribution in [2.24, 2.45) is 0 Å². The van der Waals surface area contributed by atoms with Gasteiger partial charge >= 0.3 is 0 Å². The molecule has 0 aliphatic rings. The topological polar surface area (TPSA) is 76.4 Å². The van der Waals surface area contributed by atoms with Gasteiger partial charge in [0.05, 0.1) is 27.1 Å². The molecule has 0 radical (unpaired) electrons. The lowest BCUT2D eigenvalue weighted by Gasteiger charge is -2.15. The number of fused-ring (bicyclic) bond motifs is 5. The molecule has 0 aliphatic heterocycles. The first kappa shape index (κ1) is 22.8. The number of halogens is 2. The Kier molecular flexibility index (Phi) is 5.37. The Balaban J connectivity index is 1.64. The SMILES string of the molecule is Cc1ccc(S(=O)(=O)Nc2ccc(Cl)cc2-c2nc3ccc(Cl)cc3c3nc4ccccc4n23)cc1. The molecule has 178 valence electrons. The molecule has 2 aromatic heterocycles. The van der Waals surface area contributed by atoms with Gasteiger partial charge in [-0.1, -0.05) is 53.0 Å². The van der Waals surface area contributed by atoms with E-state index in [-0.39, 0.29) is 4.90 Å². The molecule has 6 nitrogen and oxygen atoms in total. The molecule has 0 unspecified atom stereocenters. The molecule has 0 saturated carbocycles. The molecule has 0 fully saturated rings. The zero-order valence-electron chi connectivity index (χ0n) is 18.9. The average molecular weight is 533 g/mol. The van der Waals surface area contributed by atoms with E-state index >= 15 is 0 Å². The number of benzene rings is 4. The number of imidazole rings is 1. The van der Waals surface area contributed by atoms with Crippen molar-refractivity contribution in [3.63, 3.8) is 0 Å². The summed E-state index contributed by atoms with van der Waals surface area (Å²) in [7, 11) is -3.87. The van der Waals surface area contributed by atoms with Crippen molar-refractivity contribution in [2.75, 3.05) is 4.72 Å². The third-order valence-corrected chi connectivity index (χ3v) is 7.85. The van der Waals surface area contributed by atoms with Crippen molar-refractivity contribution in [1.82, 2.24) is 14.4 Å². The van der Waals surface area contributed by atoms with Crippen molar-refractivity contribution in [2.45, 2.75) is 11.8 Å². The number of anilines is 1. The molecule has 0 spiro atoms. The first-order chi connectivity index (χ1) is 17.3. The van der Waals surface area contributed by atoms with Crippen LogP contribution >= 0.6 is 23.2 Å². The van der Waals surface area contributed by atoms with E-state index in [0.29, 0.717) is 38.3 Å². The Morgan fingerprint density at radius 2 is 1.53 bits per heavy atom. The normalized spacial score (nSPS) is 12.0. The summed E-state index contributed by atoms with van der Waals surface area (Å²) in [4.78, 5) is 9.93. The standard InChI is InChI=1S/C27H18Cl2N4O2S/c1-16-6-10-19(11-7-16)36(34,35)32-23-13-9-18(29)15-21(23)27-30-22-12-8-17(28)14-20(22)26-31-24-4-2-3-5-25(24)33(26)27/h2-15,32H,1H3. The highest BCUT2D eigenvalue weighted by Gasteiger charge is 2.21. The molecule has 2 heterocycles. The second-order valence-electron chi connectivity index (χ2n) is 8.46. The number of nitrogens with zero attached hydrogens (tertiary/aromatic N) is 3. The van der Waals surface area contributed by atoms with Crippen molar-refractivity contribution >= 4 is 66.5 Å². The summed E-state index contributed by atoms with van der Waals surface area (Å²) in [6, 6.07) is 24.8. The molecule has 9 heteroatoms. The highest BCUT2D eigenvalue weighted by atomic mass is 35.5. The van der Waals surface area contributed by atoms with E-state index in [9.17, 15) is 8.42 Å². The van der Waals surface area contributed by atoms with Crippen molar-refractivity contribution in [3.05, 3.63) is 101 Å². The van der Waals surface area contributed by atoms with E-state index in [1.807, 2.05) is 47.7 Å². The summed E-state index contributed by atoms with van der Waals surface area (Å²) >= 11 is 12.7. The van der Waals surface area contributed by atoms with Gasteiger partial charge in [-0.25, -0.2) is 18.4 Å². The number of nitrogens with one attached hydrogen (secondary N) is 1. The Morgan fingerprint density at radius 3 is 2.33 bits per heavy atom. The Bertz CT molecular complexity index is 1920.